The summed E-state index contributed by atoms with van der Waals surface area (Å²) in [5.74, 6) is 0. The number of carbonyl (C=O) groups is 1. The van der Waals surface area contributed by atoms with Crippen molar-refractivity contribution in [3.63, 3.8) is 0 Å². The second kappa shape index (κ2) is 8.83. The quantitative estimate of drug-likeness (QED) is 0.426. The Kier molecular flexibility index (Phi) is 13.5. The van der Waals surface area contributed by atoms with E-state index < -0.39 is 4.88 Å². The first-order valence-corrected chi connectivity index (χ1v) is 1.91. The molecule has 0 aliphatic carbocycles. The number of rotatable bonds is 0. The molecule has 3 heteroatoms. The van der Waals surface area contributed by atoms with Crippen LogP contribution in [0.1, 0.15) is 0 Å². The second-order valence-electron chi connectivity index (χ2n) is 0.253. The molecule has 0 spiro atoms. The third kappa shape index (κ3) is 278. The normalized spacial score (nSPS) is 4.83. The van der Waals surface area contributed by atoms with E-state index in [-0.39, 0.29) is 0 Å². The van der Waals surface area contributed by atoms with Crippen LogP contribution < -0.4 is 0 Å². The van der Waals surface area contributed by atoms with Crippen molar-refractivity contribution in [3.05, 3.63) is 13.2 Å². The first kappa shape index (κ1) is 9.19. The number of hydrogen-bond acceptors (Lipinski definition) is 1. The average Bonchev–Trinajstić information content (AvgIpc) is 1.41. The van der Waals surface area contributed by atoms with Gasteiger partial charge >= 0.3 is 4.88 Å². The summed E-state index contributed by atoms with van der Waals surface area (Å²) in [6.45, 7) is 6.00. The zero-order valence-electron chi connectivity index (χ0n) is 3.15. The molecule has 0 aliphatic heterocycles. The summed E-state index contributed by atoms with van der Waals surface area (Å²) < 4.78 is 0. The lowest BCUT2D eigenvalue weighted by Gasteiger charge is -1.56. The summed E-state index contributed by atoms with van der Waals surface area (Å²) in [4.78, 5) is 7.90. The van der Waals surface area contributed by atoms with Crippen molar-refractivity contribution < 1.29 is 9.90 Å². The number of carboxylic acid groups (broad SMARTS) is 1. The largest absolute Gasteiger partial charge is 0.473 e. The fourth-order valence-electron chi connectivity index (χ4n) is 0. The number of hydrogen-bond donors (Lipinski definition) is 1. The zero-order valence-corrected chi connectivity index (χ0v) is 4.73. The van der Waals surface area contributed by atoms with Gasteiger partial charge in [0.25, 0.3) is 0 Å². The zero-order chi connectivity index (χ0) is 5.58. The van der Waals surface area contributed by atoms with Gasteiger partial charge in [-0.1, -0.05) is 0 Å². The standard InChI is InChI=1S/C2H4.CHBrO2/c1-2;2-1(3)4/h1-2H2;(H,3,4). The summed E-state index contributed by atoms with van der Waals surface area (Å²) in [5.41, 5.74) is 0. The van der Waals surface area contributed by atoms with Gasteiger partial charge in [-0.15, -0.1) is 13.2 Å². The summed E-state index contributed by atoms with van der Waals surface area (Å²) in [7, 11) is 0. The van der Waals surface area contributed by atoms with E-state index in [1.54, 1.807) is 0 Å². The highest BCUT2D eigenvalue weighted by Crippen LogP contribution is 1.74. The molecule has 2 nitrogen and oxygen atoms in total. The van der Waals surface area contributed by atoms with Crippen molar-refractivity contribution in [2.45, 2.75) is 0 Å². The summed E-state index contributed by atoms with van der Waals surface area (Å²) >= 11 is 2.19. The minimum atomic E-state index is -1.02. The highest BCUT2D eigenvalue weighted by Gasteiger charge is 1.70. The van der Waals surface area contributed by atoms with E-state index in [4.69, 9.17) is 9.90 Å². The van der Waals surface area contributed by atoms with Crippen molar-refractivity contribution in [3.8, 4) is 0 Å². The van der Waals surface area contributed by atoms with E-state index in [1.807, 2.05) is 0 Å². The molecule has 0 amide bonds. The van der Waals surface area contributed by atoms with Gasteiger partial charge in [0.2, 0.25) is 0 Å². The van der Waals surface area contributed by atoms with Crippen molar-refractivity contribution in [1.29, 1.82) is 0 Å². The van der Waals surface area contributed by atoms with Crippen LogP contribution in [0.25, 0.3) is 0 Å². The lowest BCUT2D eigenvalue weighted by Crippen LogP contribution is -1.65. The molecule has 0 bridgehead atoms. The Bertz CT molecular complexity index is 40.1. The molecule has 0 heterocycles. The van der Waals surface area contributed by atoms with Crippen LogP contribution in [-0.2, 0) is 0 Å². The smallest absolute Gasteiger partial charge is 0.372 e. The van der Waals surface area contributed by atoms with Crippen LogP contribution >= 0.6 is 15.9 Å². The van der Waals surface area contributed by atoms with E-state index in [2.05, 4.69) is 29.1 Å². The Hall–Kier alpha value is -0.310. The molecule has 0 atom stereocenters. The Morgan fingerprint density at radius 1 is 1.67 bits per heavy atom. The van der Waals surface area contributed by atoms with E-state index in [1.165, 1.54) is 0 Å². The fourth-order valence-corrected chi connectivity index (χ4v) is 0. The molecule has 1 N–H and O–H groups in total. The summed E-state index contributed by atoms with van der Waals surface area (Å²) in [6, 6.07) is 0. The Balaban J connectivity index is 0. The maximum atomic E-state index is 8.92. The lowest BCUT2D eigenvalue weighted by molar-refractivity contribution is 0.223. The predicted molar refractivity (Wildman–Crippen MR) is 28.2 cm³/mol. The van der Waals surface area contributed by atoms with Crippen LogP contribution in [0.3, 0.4) is 0 Å². The number of halogens is 1. The first-order valence-electron chi connectivity index (χ1n) is 1.12. The van der Waals surface area contributed by atoms with Gasteiger partial charge in [0.05, 0.1) is 0 Å². The van der Waals surface area contributed by atoms with Gasteiger partial charge in [-0.3, -0.25) is 0 Å². The molecule has 6 heavy (non-hydrogen) atoms. The van der Waals surface area contributed by atoms with Gasteiger partial charge < -0.3 is 5.11 Å². The summed E-state index contributed by atoms with van der Waals surface area (Å²) in [5, 5.41) is 7.33. The molecule has 0 aromatic heterocycles. The topological polar surface area (TPSA) is 37.3 Å². The van der Waals surface area contributed by atoms with Gasteiger partial charge in [-0.05, 0) is 0 Å². The molecule has 36 valence electrons. The van der Waals surface area contributed by atoms with E-state index in [0.717, 1.165) is 0 Å². The highest BCUT2D eigenvalue weighted by molar-refractivity contribution is 9.18. The molecular weight excluding hydrogens is 148 g/mol. The van der Waals surface area contributed by atoms with Gasteiger partial charge in [0.1, 0.15) is 0 Å². The van der Waals surface area contributed by atoms with Gasteiger partial charge in [0.15, 0.2) is 0 Å². The van der Waals surface area contributed by atoms with Crippen LogP contribution in [0.4, 0.5) is 4.79 Å². The Morgan fingerprint density at radius 2 is 1.67 bits per heavy atom. The molecule has 0 saturated carbocycles. The molecule has 0 aromatic rings. The van der Waals surface area contributed by atoms with Crippen LogP contribution in [0, 0.1) is 0 Å². The Labute approximate surface area is 44.6 Å². The van der Waals surface area contributed by atoms with E-state index in [0.29, 0.717) is 0 Å². The Morgan fingerprint density at radius 3 is 1.67 bits per heavy atom. The minimum absolute atomic E-state index is 1.02. The molecular formula is C3H5BrO2. The maximum absolute atomic E-state index is 8.92. The monoisotopic (exact) mass is 152 g/mol. The van der Waals surface area contributed by atoms with Gasteiger partial charge in [-0.25, -0.2) is 4.79 Å². The SMILES string of the molecule is C=C.O=C(O)Br. The molecule has 0 aromatic carbocycles. The second-order valence-corrected chi connectivity index (χ2v) is 0.931. The van der Waals surface area contributed by atoms with E-state index >= 15 is 0 Å². The van der Waals surface area contributed by atoms with Crippen molar-refractivity contribution in [2.75, 3.05) is 0 Å². The third-order valence-electron chi connectivity index (χ3n) is 0. The molecule has 0 radical (unpaired) electrons. The first-order chi connectivity index (χ1) is 2.73. The van der Waals surface area contributed by atoms with E-state index in [9.17, 15) is 0 Å². The maximum Gasteiger partial charge on any atom is 0.372 e. The summed E-state index contributed by atoms with van der Waals surface area (Å²) in [6.07, 6.45) is 0. The van der Waals surface area contributed by atoms with Crippen molar-refractivity contribution in [2.24, 2.45) is 0 Å². The molecule has 0 unspecified atom stereocenters. The van der Waals surface area contributed by atoms with Crippen LogP contribution in [0.15, 0.2) is 13.2 Å². The average molecular weight is 153 g/mol. The van der Waals surface area contributed by atoms with Gasteiger partial charge in [0, 0.05) is 15.9 Å². The third-order valence-corrected chi connectivity index (χ3v) is 0. The molecule has 0 aliphatic rings. The predicted octanol–water partition coefficient (Wildman–Crippen LogP) is 1.86. The van der Waals surface area contributed by atoms with Crippen LogP contribution in [-0.4, -0.2) is 9.99 Å². The van der Waals surface area contributed by atoms with Crippen molar-refractivity contribution >= 4 is 20.8 Å². The minimum Gasteiger partial charge on any atom is -0.473 e. The van der Waals surface area contributed by atoms with Gasteiger partial charge in [-0.2, -0.15) is 0 Å². The fraction of sp³-hybridized carbons (Fsp3) is 0. The highest BCUT2D eigenvalue weighted by atomic mass is 79.9. The van der Waals surface area contributed by atoms with Crippen molar-refractivity contribution in [1.82, 2.24) is 0 Å². The molecule has 0 saturated heterocycles. The molecule has 0 fully saturated rings. The van der Waals surface area contributed by atoms with Crippen LogP contribution in [0.2, 0.25) is 0 Å². The lowest BCUT2D eigenvalue weighted by atomic mass is 11.3. The molecule has 0 rings (SSSR count). The van der Waals surface area contributed by atoms with Crippen LogP contribution in [0.5, 0.6) is 0 Å².